The van der Waals surface area contributed by atoms with Gasteiger partial charge < -0.3 is 15.5 Å². The van der Waals surface area contributed by atoms with Crippen molar-refractivity contribution in [3.05, 3.63) is 22.7 Å². The predicted octanol–water partition coefficient (Wildman–Crippen LogP) is 2.79. The molecule has 2 unspecified atom stereocenters. The second-order valence-corrected chi connectivity index (χ2v) is 5.38. The van der Waals surface area contributed by atoms with E-state index in [1.165, 1.54) is 0 Å². The Labute approximate surface area is 119 Å². The van der Waals surface area contributed by atoms with Gasteiger partial charge in [-0.3, -0.25) is 4.79 Å². The molecule has 0 saturated heterocycles. The molecule has 0 radical (unpaired) electrons. The SMILES string of the molecule is CCC(C)N(C)c1cc2c(cc1Cl)C(NC)C(=O)N2. The van der Waals surface area contributed by atoms with Crippen molar-refractivity contribution in [1.82, 2.24) is 5.32 Å². The molecule has 4 nitrogen and oxygen atoms in total. The third kappa shape index (κ3) is 2.42. The largest absolute Gasteiger partial charge is 0.371 e. The van der Waals surface area contributed by atoms with Gasteiger partial charge in [0.25, 0.3) is 0 Å². The van der Waals surface area contributed by atoms with E-state index in [1.807, 2.05) is 19.2 Å². The van der Waals surface area contributed by atoms with Crippen LogP contribution >= 0.6 is 11.6 Å². The molecule has 1 aromatic carbocycles. The van der Waals surface area contributed by atoms with Crippen LogP contribution in [0.3, 0.4) is 0 Å². The summed E-state index contributed by atoms with van der Waals surface area (Å²) < 4.78 is 0. The van der Waals surface area contributed by atoms with Gasteiger partial charge in [0.15, 0.2) is 0 Å². The minimum Gasteiger partial charge on any atom is -0.371 e. The molecule has 1 aliphatic rings. The van der Waals surface area contributed by atoms with Crippen molar-refractivity contribution in [2.75, 3.05) is 24.3 Å². The molecule has 0 fully saturated rings. The number of fused-ring (bicyclic) bond motifs is 1. The fourth-order valence-electron chi connectivity index (χ4n) is 2.34. The van der Waals surface area contributed by atoms with E-state index in [0.29, 0.717) is 11.1 Å². The van der Waals surface area contributed by atoms with Crippen molar-refractivity contribution in [2.45, 2.75) is 32.4 Å². The minimum atomic E-state index is -0.310. The monoisotopic (exact) mass is 281 g/mol. The van der Waals surface area contributed by atoms with Crippen LogP contribution in [0.4, 0.5) is 11.4 Å². The van der Waals surface area contributed by atoms with Crippen LogP contribution in [0.1, 0.15) is 31.9 Å². The van der Waals surface area contributed by atoms with Gasteiger partial charge in [0.1, 0.15) is 6.04 Å². The Bertz CT molecular complexity index is 504. The third-order valence-electron chi connectivity index (χ3n) is 3.87. The lowest BCUT2D eigenvalue weighted by Crippen LogP contribution is -2.28. The molecule has 1 aliphatic heterocycles. The number of nitrogens with one attached hydrogen (secondary N) is 2. The molecule has 2 atom stereocenters. The maximum atomic E-state index is 11.8. The zero-order chi connectivity index (χ0) is 14.2. The highest BCUT2D eigenvalue weighted by atomic mass is 35.5. The van der Waals surface area contributed by atoms with Gasteiger partial charge in [-0.15, -0.1) is 0 Å². The van der Waals surface area contributed by atoms with Crippen LogP contribution in [0, 0.1) is 0 Å². The molecule has 1 aromatic rings. The Morgan fingerprint density at radius 3 is 2.79 bits per heavy atom. The maximum Gasteiger partial charge on any atom is 0.246 e. The summed E-state index contributed by atoms with van der Waals surface area (Å²) in [5, 5.41) is 6.57. The molecular weight excluding hydrogens is 262 g/mol. The number of carbonyl (C=O) groups is 1. The molecule has 0 bridgehead atoms. The Morgan fingerprint density at radius 1 is 1.53 bits per heavy atom. The first-order valence-corrected chi connectivity index (χ1v) is 6.91. The number of hydrogen-bond donors (Lipinski definition) is 2. The number of anilines is 2. The molecule has 0 saturated carbocycles. The number of nitrogens with zero attached hydrogens (tertiary/aromatic N) is 1. The molecule has 0 aromatic heterocycles. The van der Waals surface area contributed by atoms with Gasteiger partial charge in [-0.2, -0.15) is 0 Å². The van der Waals surface area contributed by atoms with E-state index in [-0.39, 0.29) is 11.9 Å². The Balaban J connectivity index is 2.41. The predicted molar refractivity (Wildman–Crippen MR) is 80.0 cm³/mol. The highest BCUT2D eigenvalue weighted by molar-refractivity contribution is 6.33. The zero-order valence-corrected chi connectivity index (χ0v) is 12.5. The number of carbonyl (C=O) groups excluding carboxylic acids is 1. The van der Waals surface area contributed by atoms with Crippen LogP contribution in [0.25, 0.3) is 0 Å². The second kappa shape index (κ2) is 5.39. The summed E-state index contributed by atoms with van der Waals surface area (Å²) in [6.45, 7) is 4.29. The smallest absolute Gasteiger partial charge is 0.246 e. The lowest BCUT2D eigenvalue weighted by atomic mass is 10.1. The highest BCUT2D eigenvalue weighted by Gasteiger charge is 2.30. The van der Waals surface area contributed by atoms with Crippen LogP contribution in [0.2, 0.25) is 5.02 Å². The van der Waals surface area contributed by atoms with Gasteiger partial charge in [-0.1, -0.05) is 18.5 Å². The summed E-state index contributed by atoms with van der Waals surface area (Å²) in [4.78, 5) is 14.0. The van der Waals surface area contributed by atoms with E-state index < -0.39 is 0 Å². The lowest BCUT2D eigenvalue weighted by molar-refractivity contribution is -0.117. The molecule has 2 rings (SSSR count). The normalized spacial score (nSPS) is 19.0. The van der Waals surface area contributed by atoms with Crippen molar-refractivity contribution in [2.24, 2.45) is 0 Å². The molecule has 5 heteroatoms. The Morgan fingerprint density at radius 2 is 2.21 bits per heavy atom. The van der Waals surface area contributed by atoms with Crippen LogP contribution in [0.5, 0.6) is 0 Å². The Hall–Kier alpha value is -1.26. The summed E-state index contributed by atoms with van der Waals surface area (Å²) in [5.74, 6) is -0.0306. The first-order chi connectivity index (χ1) is 8.99. The van der Waals surface area contributed by atoms with Gasteiger partial charge in [-0.25, -0.2) is 0 Å². The topological polar surface area (TPSA) is 44.4 Å². The van der Waals surface area contributed by atoms with Gasteiger partial charge >= 0.3 is 0 Å². The van der Waals surface area contributed by atoms with Gasteiger partial charge in [-0.05, 0) is 32.5 Å². The second-order valence-electron chi connectivity index (χ2n) is 4.97. The molecule has 1 heterocycles. The number of benzene rings is 1. The number of rotatable bonds is 4. The van der Waals surface area contributed by atoms with Crippen LogP contribution in [-0.2, 0) is 4.79 Å². The van der Waals surface area contributed by atoms with Crippen LogP contribution in [-0.4, -0.2) is 26.0 Å². The van der Waals surface area contributed by atoms with Gasteiger partial charge in [0, 0.05) is 24.3 Å². The van der Waals surface area contributed by atoms with E-state index in [4.69, 9.17) is 11.6 Å². The van der Waals surface area contributed by atoms with Crippen molar-refractivity contribution >= 4 is 28.9 Å². The number of halogens is 1. The summed E-state index contributed by atoms with van der Waals surface area (Å²) >= 11 is 6.37. The van der Waals surface area contributed by atoms with Gasteiger partial charge in [0.05, 0.1) is 10.7 Å². The van der Waals surface area contributed by atoms with Crippen molar-refractivity contribution in [3.63, 3.8) is 0 Å². The molecular formula is C14H20ClN3O. The van der Waals surface area contributed by atoms with Crippen molar-refractivity contribution < 1.29 is 4.79 Å². The van der Waals surface area contributed by atoms with E-state index >= 15 is 0 Å². The number of amides is 1. The van der Waals surface area contributed by atoms with E-state index in [9.17, 15) is 4.79 Å². The van der Waals surface area contributed by atoms with E-state index in [2.05, 4.69) is 29.4 Å². The standard InChI is InChI=1S/C14H20ClN3O/c1-5-8(2)18(4)12-7-11-9(6-10(12)15)13(16-3)14(19)17-11/h6-8,13,16H,5H2,1-4H3,(H,17,19). The summed E-state index contributed by atoms with van der Waals surface area (Å²) in [6.07, 6.45) is 1.04. The fraction of sp³-hybridized carbons (Fsp3) is 0.500. The van der Waals surface area contributed by atoms with Crippen molar-refractivity contribution in [1.29, 1.82) is 0 Å². The molecule has 19 heavy (non-hydrogen) atoms. The molecule has 0 spiro atoms. The highest BCUT2D eigenvalue weighted by Crippen LogP contribution is 2.39. The Kier molecular flexibility index (Phi) is 4.02. The third-order valence-corrected chi connectivity index (χ3v) is 4.17. The zero-order valence-electron chi connectivity index (χ0n) is 11.7. The molecule has 1 amide bonds. The lowest BCUT2D eigenvalue weighted by Gasteiger charge is -2.27. The summed E-state index contributed by atoms with van der Waals surface area (Å²) in [7, 11) is 3.79. The van der Waals surface area contributed by atoms with Crippen LogP contribution < -0.4 is 15.5 Å². The van der Waals surface area contributed by atoms with E-state index in [1.54, 1.807) is 7.05 Å². The summed E-state index contributed by atoms with van der Waals surface area (Å²) in [5.41, 5.74) is 2.71. The molecule has 0 aliphatic carbocycles. The molecule has 2 N–H and O–H groups in total. The number of hydrogen-bond acceptors (Lipinski definition) is 3. The van der Waals surface area contributed by atoms with Gasteiger partial charge in [0.2, 0.25) is 5.91 Å². The van der Waals surface area contributed by atoms with E-state index in [0.717, 1.165) is 23.4 Å². The maximum absolute atomic E-state index is 11.8. The average molecular weight is 282 g/mol. The average Bonchev–Trinajstić information content (AvgIpc) is 2.70. The fourth-order valence-corrected chi connectivity index (χ4v) is 2.64. The summed E-state index contributed by atoms with van der Waals surface area (Å²) in [6, 6.07) is 3.92. The first-order valence-electron chi connectivity index (χ1n) is 6.54. The quantitative estimate of drug-likeness (QED) is 0.892. The van der Waals surface area contributed by atoms with Crippen LogP contribution in [0.15, 0.2) is 12.1 Å². The van der Waals surface area contributed by atoms with Crippen molar-refractivity contribution in [3.8, 4) is 0 Å². The first kappa shape index (κ1) is 14.2. The molecule has 104 valence electrons. The minimum absolute atomic E-state index is 0.0306. The number of likely N-dealkylation sites (N-methyl/N-ethyl adjacent to an activating group) is 1.